The molecule has 1 aromatic rings. The Morgan fingerprint density at radius 3 is 2.19 bits per heavy atom. The van der Waals surface area contributed by atoms with E-state index in [4.69, 9.17) is 0 Å². The molecule has 0 fully saturated rings. The first-order chi connectivity index (χ1) is 7.36. The molecule has 1 rings (SSSR count). The fourth-order valence-electron chi connectivity index (χ4n) is 1.38. The van der Waals surface area contributed by atoms with Gasteiger partial charge in [-0.1, -0.05) is 12.1 Å². The average Bonchev–Trinajstić information content (AvgIpc) is 2.17. The van der Waals surface area contributed by atoms with Crippen LogP contribution in [0.1, 0.15) is 19.4 Å². The Labute approximate surface area is 107 Å². The third kappa shape index (κ3) is 2.72. The smallest absolute Gasteiger partial charge is 0.333 e. The van der Waals surface area contributed by atoms with Crippen molar-refractivity contribution in [2.24, 2.45) is 0 Å². The molecular weight excluding hydrogens is 321 g/mol. The van der Waals surface area contributed by atoms with E-state index in [2.05, 4.69) is 27.9 Å². The minimum atomic E-state index is -1.38. The first-order valence-electron chi connectivity index (χ1n) is 4.64. The van der Waals surface area contributed by atoms with Gasteiger partial charge in [0.1, 0.15) is 0 Å². The Balaban J connectivity index is 3.16. The van der Waals surface area contributed by atoms with E-state index in [0.717, 1.165) is 3.57 Å². The highest BCUT2D eigenvalue weighted by Gasteiger charge is 2.35. The summed E-state index contributed by atoms with van der Waals surface area (Å²) in [5.41, 5.74) is -0.827. The molecule has 0 aliphatic heterocycles. The number of hydrogen-bond donors (Lipinski definition) is 2. The number of rotatable bonds is 3. The van der Waals surface area contributed by atoms with Crippen LogP contribution in [0, 0.1) is 3.57 Å². The molecular formula is C11H12INO3. The Hall–Kier alpha value is -1.11. The van der Waals surface area contributed by atoms with Gasteiger partial charge in [0.2, 0.25) is 5.91 Å². The molecule has 1 amide bonds. The number of amides is 1. The van der Waals surface area contributed by atoms with Crippen molar-refractivity contribution in [1.82, 2.24) is 5.32 Å². The number of benzene rings is 1. The number of hydrogen-bond acceptors (Lipinski definition) is 2. The summed E-state index contributed by atoms with van der Waals surface area (Å²) in [4.78, 5) is 22.3. The van der Waals surface area contributed by atoms with Gasteiger partial charge in [0, 0.05) is 10.5 Å². The van der Waals surface area contributed by atoms with Crippen LogP contribution in [0.4, 0.5) is 0 Å². The summed E-state index contributed by atoms with van der Waals surface area (Å²) >= 11 is 2.13. The molecule has 0 radical (unpaired) electrons. The van der Waals surface area contributed by atoms with Gasteiger partial charge >= 0.3 is 5.97 Å². The average molecular weight is 333 g/mol. The van der Waals surface area contributed by atoms with Gasteiger partial charge in [0.25, 0.3) is 0 Å². The molecule has 0 aliphatic rings. The van der Waals surface area contributed by atoms with Gasteiger partial charge in [0.05, 0.1) is 0 Å². The summed E-state index contributed by atoms with van der Waals surface area (Å²) in [5, 5.41) is 11.6. The van der Waals surface area contributed by atoms with E-state index in [1.165, 1.54) is 13.8 Å². The van der Waals surface area contributed by atoms with E-state index in [-0.39, 0.29) is 5.91 Å². The molecule has 0 heterocycles. The predicted molar refractivity (Wildman–Crippen MR) is 68.0 cm³/mol. The van der Waals surface area contributed by atoms with Gasteiger partial charge in [-0.05, 0) is 47.2 Å². The summed E-state index contributed by atoms with van der Waals surface area (Å²) in [7, 11) is 0. The van der Waals surface area contributed by atoms with Crippen LogP contribution in [0.15, 0.2) is 24.3 Å². The Bertz CT molecular complexity index is 416. The van der Waals surface area contributed by atoms with Gasteiger partial charge in [-0.2, -0.15) is 0 Å². The molecule has 2 N–H and O–H groups in total. The van der Waals surface area contributed by atoms with E-state index in [0.29, 0.717) is 5.56 Å². The standard InChI is InChI=1S/C11H12INO3/c1-7(14)13-11(2,10(15)16)8-3-5-9(12)6-4-8/h3-6H,1-2H3,(H,13,14)(H,15,16). The first-order valence-corrected chi connectivity index (χ1v) is 5.72. The summed E-state index contributed by atoms with van der Waals surface area (Å²) in [5.74, 6) is -1.45. The van der Waals surface area contributed by atoms with Crippen molar-refractivity contribution in [2.75, 3.05) is 0 Å². The van der Waals surface area contributed by atoms with Gasteiger partial charge in [-0.15, -0.1) is 0 Å². The lowest BCUT2D eigenvalue weighted by Crippen LogP contribution is -2.48. The fourth-order valence-corrected chi connectivity index (χ4v) is 1.74. The van der Waals surface area contributed by atoms with Crippen LogP contribution in [0.5, 0.6) is 0 Å². The first kappa shape index (κ1) is 13.0. The molecule has 0 aromatic heterocycles. The largest absolute Gasteiger partial charge is 0.479 e. The van der Waals surface area contributed by atoms with E-state index >= 15 is 0 Å². The van der Waals surface area contributed by atoms with Crippen LogP contribution in [0.2, 0.25) is 0 Å². The van der Waals surface area contributed by atoms with Crippen molar-refractivity contribution < 1.29 is 14.7 Å². The van der Waals surface area contributed by atoms with Crippen molar-refractivity contribution in [1.29, 1.82) is 0 Å². The van der Waals surface area contributed by atoms with Gasteiger partial charge in [-0.25, -0.2) is 4.79 Å². The Morgan fingerprint density at radius 1 is 1.31 bits per heavy atom. The maximum Gasteiger partial charge on any atom is 0.333 e. The zero-order chi connectivity index (χ0) is 12.3. The SMILES string of the molecule is CC(=O)NC(C)(C(=O)O)c1ccc(I)cc1. The summed E-state index contributed by atoms with van der Waals surface area (Å²) < 4.78 is 1.01. The van der Waals surface area contributed by atoms with E-state index in [9.17, 15) is 14.7 Å². The van der Waals surface area contributed by atoms with Crippen molar-refractivity contribution in [3.8, 4) is 0 Å². The number of carboxylic acids is 1. The third-order valence-corrected chi connectivity index (χ3v) is 2.99. The molecule has 0 saturated carbocycles. The van der Waals surface area contributed by atoms with Crippen molar-refractivity contribution >= 4 is 34.5 Å². The van der Waals surface area contributed by atoms with Crippen LogP contribution >= 0.6 is 22.6 Å². The second-order valence-corrected chi connectivity index (χ2v) is 4.86. The highest BCUT2D eigenvalue weighted by Crippen LogP contribution is 2.22. The van der Waals surface area contributed by atoms with Gasteiger partial charge in [-0.3, -0.25) is 4.79 Å². The monoisotopic (exact) mass is 333 g/mol. The van der Waals surface area contributed by atoms with Crippen LogP contribution in [-0.2, 0) is 15.1 Å². The zero-order valence-corrected chi connectivity index (χ0v) is 11.1. The number of carboxylic acid groups (broad SMARTS) is 1. The summed E-state index contributed by atoms with van der Waals surface area (Å²) in [6, 6.07) is 7.01. The summed E-state index contributed by atoms with van der Waals surface area (Å²) in [6.45, 7) is 2.77. The molecule has 4 nitrogen and oxygen atoms in total. The minimum absolute atomic E-state index is 0.372. The molecule has 0 saturated heterocycles. The molecule has 1 aromatic carbocycles. The molecule has 1 unspecified atom stereocenters. The predicted octanol–water partition coefficient (Wildman–Crippen LogP) is 1.73. The quantitative estimate of drug-likeness (QED) is 0.828. The minimum Gasteiger partial charge on any atom is -0.479 e. The van der Waals surface area contributed by atoms with Gasteiger partial charge < -0.3 is 10.4 Å². The zero-order valence-electron chi connectivity index (χ0n) is 8.95. The normalized spacial score (nSPS) is 13.9. The summed E-state index contributed by atoms with van der Waals surface area (Å²) in [6.07, 6.45) is 0. The number of nitrogens with one attached hydrogen (secondary N) is 1. The number of carbonyl (C=O) groups excluding carboxylic acids is 1. The van der Waals surface area contributed by atoms with Crippen molar-refractivity contribution in [2.45, 2.75) is 19.4 Å². The van der Waals surface area contributed by atoms with Crippen molar-refractivity contribution in [3.05, 3.63) is 33.4 Å². The maximum atomic E-state index is 11.2. The molecule has 0 bridgehead atoms. The second-order valence-electron chi connectivity index (χ2n) is 3.62. The molecule has 0 aliphatic carbocycles. The van der Waals surface area contributed by atoms with Crippen LogP contribution in [0.25, 0.3) is 0 Å². The van der Waals surface area contributed by atoms with Crippen LogP contribution in [0.3, 0.4) is 0 Å². The maximum absolute atomic E-state index is 11.2. The molecule has 16 heavy (non-hydrogen) atoms. The van der Waals surface area contributed by atoms with Crippen LogP contribution < -0.4 is 5.32 Å². The van der Waals surface area contributed by atoms with Crippen molar-refractivity contribution in [3.63, 3.8) is 0 Å². The highest BCUT2D eigenvalue weighted by atomic mass is 127. The molecule has 86 valence electrons. The number of carbonyl (C=O) groups is 2. The van der Waals surface area contributed by atoms with Crippen LogP contribution in [-0.4, -0.2) is 17.0 Å². The lowest BCUT2D eigenvalue weighted by atomic mass is 9.92. The molecule has 0 spiro atoms. The lowest BCUT2D eigenvalue weighted by molar-refractivity contribution is -0.147. The number of aliphatic carboxylic acids is 1. The van der Waals surface area contributed by atoms with E-state index in [1.807, 2.05) is 0 Å². The second kappa shape index (κ2) is 4.82. The Kier molecular flexibility index (Phi) is 3.90. The van der Waals surface area contributed by atoms with Gasteiger partial charge in [0.15, 0.2) is 5.54 Å². The fraction of sp³-hybridized carbons (Fsp3) is 0.273. The highest BCUT2D eigenvalue weighted by molar-refractivity contribution is 14.1. The lowest BCUT2D eigenvalue weighted by Gasteiger charge is -2.26. The topological polar surface area (TPSA) is 66.4 Å². The molecule has 5 heteroatoms. The van der Waals surface area contributed by atoms with E-state index < -0.39 is 11.5 Å². The third-order valence-electron chi connectivity index (χ3n) is 2.28. The Morgan fingerprint density at radius 2 is 1.81 bits per heavy atom. The number of halogens is 1. The molecule has 1 atom stereocenters. The van der Waals surface area contributed by atoms with E-state index in [1.54, 1.807) is 24.3 Å².